The molecule has 0 radical (unpaired) electrons. The second-order valence-corrected chi connectivity index (χ2v) is 5.87. The van der Waals surface area contributed by atoms with Crippen LogP contribution in [0.15, 0.2) is 12.2 Å². The molecule has 0 bridgehead atoms. The van der Waals surface area contributed by atoms with E-state index in [4.69, 9.17) is 10.2 Å². The molecule has 0 saturated carbocycles. The summed E-state index contributed by atoms with van der Waals surface area (Å²) in [5, 5.41) is 17.8. The van der Waals surface area contributed by atoms with Crippen LogP contribution in [0.5, 0.6) is 0 Å². The minimum absolute atomic E-state index is 0.136. The van der Waals surface area contributed by atoms with Gasteiger partial charge in [-0.05, 0) is 19.3 Å². The minimum atomic E-state index is -0.580. The van der Waals surface area contributed by atoms with E-state index in [1.54, 1.807) is 0 Å². The monoisotopic (exact) mass is 284 g/mol. The first-order chi connectivity index (χ1) is 9.81. The summed E-state index contributed by atoms with van der Waals surface area (Å²) < 4.78 is 0. The maximum absolute atomic E-state index is 9.15. The predicted molar refractivity (Wildman–Crippen MR) is 87.9 cm³/mol. The Morgan fingerprint density at radius 3 is 1.75 bits per heavy atom. The van der Waals surface area contributed by atoms with Gasteiger partial charge in [0.05, 0.1) is 12.7 Å². The third-order valence-electron chi connectivity index (χ3n) is 3.76. The molecule has 0 aromatic carbocycles. The zero-order valence-corrected chi connectivity index (χ0v) is 13.5. The molecule has 20 heavy (non-hydrogen) atoms. The van der Waals surface area contributed by atoms with Gasteiger partial charge in [0, 0.05) is 0 Å². The fourth-order valence-corrected chi connectivity index (χ4v) is 2.37. The van der Waals surface area contributed by atoms with Gasteiger partial charge in [0.15, 0.2) is 0 Å². The van der Waals surface area contributed by atoms with E-state index in [-0.39, 0.29) is 6.61 Å². The molecule has 0 saturated heterocycles. The molecule has 0 fully saturated rings. The van der Waals surface area contributed by atoms with E-state index >= 15 is 0 Å². The van der Waals surface area contributed by atoms with Crippen molar-refractivity contribution in [2.75, 3.05) is 6.61 Å². The van der Waals surface area contributed by atoms with E-state index in [1.807, 2.05) is 6.08 Å². The van der Waals surface area contributed by atoms with Crippen molar-refractivity contribution in [2.45, 2.75) is 96.5 Å². The number of hydrogen-bond donors (Lipinski definition) is 2. The molecular formula is C18H36O2. The zero-order chi connectivity index (χ0) is 14.9. The van der Waals surface area contributed by atoms with Crippen LogP contribution in [-0.2, 0) is 0 Å². The molecule has 0 aliphatic rings. The Bertz CT molecular complexity index is 202. The molecule has 0 spiro atoms. The van der Waals surface area contributed by atoms with Crippen LogP contribution < -0.4 is 0 Å². The molecule has 0 aliphatic carbocycles. The Morgan fingerprint density at radius 1 is 0.750 bits per heavy atom. The molecule has 1 unspecified atom stereocenters. The number of unbranched alkanes of at least 4 members (excludes halogenated alkanes) is 11. The highest BCUT2D eigenvalue weighted by atomic mass is 16.3. The van der Waals surface area contributed by atoms with Gasteiger partial charge in [-0.25, -0.2) is 0 Å². The van der Waals surface area contributed by atoms with Gasteiger partial charge in [-0.2, -0.15) is 0 Å². The van der Waals surface area contributed by atoms with Crippen molar-refractivity contribution in [2.24, 2.45) is 0 Å². The van der Waals surface area contributed by atoms with E-state index in [9.17, 15) is 0 Å². The Hall–Kier alpha value is -0.340. The lowest BCUT2D eigenvalue weighted by molar-refractivity contribution is 0.0975. The zero-order valence-electron chi connectivity index (χ0n) is 13.5. The summed E-state index contributed by atoms with van der Waals surface area (Å²) in [7, 11) is 0. The lowest BCUT2D eigenvalue weighted by Gasteiger charge is -2.02. The quantitative estimate of drug-likeness (QED) is 0.328. The normalized spacial score (nSPS) is 13.2. The van der Waals surface area contributed by atoms with Gasteiger partial charge in [0.2, 0.25) is 0 Å². The van der Waals surface area contributed by atoms with Crippen molar-refractivity contribution in [3.63, 3.8) is 0 Å². The van der Waals surface area contributed by atoms with Gasteiger partial charge in [0.25, 0.3) is 0 Å². The third kappa shape index (κ3) is 15.7. The Morgan fingerprint density at radius 2 is 1.25 bits per heavy atom. The van der Waals surface area contributed by atoms with Gasteiger partial charge in [-0.3, -0.25) is 0 Å². The van der Waals surface area contributed by atoms with E-state index < -0.39 is 6.10 Å². The van der Waals surface area contributed by atoms with Crippen LogP contribution in [0.25, 0.3) is 0 Å². The molecule has 2 nitrogen and oxygen atoms in total. The van der Waals surface area contributed by atoms with Crippen LogP contribution >= 0.6 is 0 Å². The van der Waals surface area contributed by atoms with E-state index in [2.05, 4.69) is 13.0 Å². The van der Waals surface area contributed by atoms with Crippen molar-refractivity contribution < 1.29 is 10.2 Å². The summed E-state index contributed by atoms with van der Waals surface area (Å²) in [6.07, 6.45) is 20.4. The first-order valence-electron chi connectivity index (χ1n) is 8.75. The van der Waals surface area contributed by atoms with Gasteiger partial charge >= 0.3 is 0 Å². The first-order valence-corrected chi connectivity index (χ1v) is 8.75. The Balaban J connectivity index is 3.06. The summed E-state index contributed by atoms with van der Waals surface area (Å²) in [5.41, 5.74) is 0. The van der Waals surface area contributed by atoms with Crippen LogP contribution in [0.1, 0.15) is 90.4 Å². The third-order valence-corrected chi connectivity index (χ3v) is 3.76. The molecule has 0 heterocycles. The predicted octanol–water partition coefficient (Wildman–Crippen LogP) is 4.99. The molecule has 2 heteroatoms. The SMILES string of the molecule is CCCCCCCCCCCCCC=CCC(O)CO. The van der Waals surface area contributed by atoms with E-state index in [0.29, 0.717) is 6.42 Å². The van der Waals surface area contributed by atoms with E-state index in [1.165, 1.54) is 70.6 Å². The van der Waals surface area contributed by atoms with Crippen molar-refractivity contribution in [3.05, 3.63) is 12.2 Å². The lowest BCUT2D eigenvalue weighted by Crippen LogP contribution is -2.09. The summed E-state index contributed by atoms with van der Waals surface area (Å²) >= 11 is 0. The molecule has 0 amide bonds. The number of aliphatic hydroxyl groups excluding tert-OH is 2. The average molecular weight is 284 g/mol. The highest BCUT2D eigenvalue weighted by Crippen LogP contribution is 2.12. The molecule has 0 aromatic heterocycles. The van der Waals surface area contributed by atoms with Gasteiger partial charge in [-0.15, -0.1) is 0 Å². The van der Waals surface area contributed by atoms with Crippen LogP contribution in [0.2, 0.25) is 0 Å². The highest BCUT2D eigenvalue weighted by molar-refractivity contribution is 4.83. The maximum Gasteiger partial charge on any atom is 0.0805 e. The second-order valence-electron chi connectivity index (χ2n) is 5.87. The van der Waals surface area contributed by atoms with Gasteiger partial charge in [-0.1, -0.05) is 83.3 Å². The largest absolute Gasteiger partial charge is 0.394 e. The Kier molecular flexibility index (Phi) is 16.4. The van der Waals surface area contributed by atoms with Crippen molar-refractivity contribution >= 4 is 0 Å². The molecule has 1 atom stereocenters. The van der Waals surface area contributed by atoms with Crippen molar-refractivity contribution in [1.29, 1.82) is 0 Å². The van der Waals surface area contributed by atoms with Gasteiger partial charge < -0.3 is 10.2 Å². The minimum Gasteiger partial charge on any atom is -0.394 e. The smallest absolute Gasteiger partial charge is 0.0805 e. The number of allylic oxidation sites excluding steroid dienone is 1. The van der Waals surface area contributed by atoms with Crippen molar-refractivity contribution in [3.8, 4) is 0 Å². The maximum atomic E-state index is 9.15. The topological polar surface area (TPSA) is 40.5 Å². The number of aliphatic hydroxyl groups is 2. The van der Waals surface area contributed by atoms with Crippen LogP contribution in [0, 0.1) is 0 Å². The van der Waals surface area contributed by atoms with Crippen LogP contribution in [-0.4, -0.2) is 22.9 Å². The fraction of sp³-hybridized carbons (Fsp3) is 0.889. The number of hydrogen-bond acceptors (Lipinski definition) is 2. The lowest BCUT2D eigenvalue weighted by atomic mass is 10.1. The molecule has 0 aromatic rings. The summed E-state index contributed by atoms with van der Waals surface area (Å²) in [4.78, 5) is 0. The standard InChI is InChI=1S/C18H36O2/c1-2-3-4-5-6-7-8-9-10-11-12-13-14-15-16-18(20)17-19/h14-15,18-20H,2-13,16-17H2,1H3. The summed E-state index contributed by atoms with van der Waals surface area (Å²) in [6, 6.07) is 0. The molecule has 2 N–H and O–H groups in total. The van der Waals surface area contributed by atoms with E-state index in [0.717, 1.165) is 6.42 Å². The first kappa shape index (κ1) is 19.7. The van der Waals surface area contributed by atoms with Crippen LogP contribution in [0.3, 0.4) is 0 Å². The molecule has 0 aliphatic heterocycles. The van der Waals surface area contributed by atoms with Crippen molar-refractivity contribution in [1.82, 2.24) is 0 Å². The molecule has 0 rings (SSSR count). The highest BCUT2D eigenvalue weighted by Gasteiger charge is 1.96. The second kappa shape index (κ2) is 16.7. The summed E-state index contributed by atoms with van der Waals surface area (Å²) in [6.45, 7) is 2.13. The average Bonchev–Trinajstić information content (AvgIpc) is 2.47. The van der Waals surface area contributed by atoms with Crippen LogP contribution in [0.4, 0.5) is 0 Å². The Labute approximate surface area is 126 Å². The van der Waals surface area contributed by atoms with Gasteiger partial charge in [0.1, 0.15) is 0 Å². The molecule has 120 valence electrons. The summed E-state index contributed by atoms with van der Waals surface area (Å²) in [5.74, 6) is 0. The number of rotatable bonds is 15. The fourth-order valence-electron chi connectivity index (χ4n) is 2.37. The molecular weight excluding hydrogens is 248 g/mol.